The van der Waals surface area contributed by atoms with Crippen LogP contribution in [0.15, 0.2) is 46.2 Å². The molecule has 2 aromatic rings. The topological polar surface area (TPSA) is 98.2 Å². The number of hydrogen-bond donors (Lipinski definition) is 2. The van der Waals surface area contributed by atoms with Gasteiger partial charge in [0.25, 0.3) is 10.0 Å². The second-order valence-corrected chi connectivity index (χ2v) is 5.83. The Morgan fingerprint density at radius 2 is 2.21 bits per heavy atom. The molecule has 0 fully saturated rings. The van der Waals surface area contributed by atoms with Crippen LogP contribution in [0.2, 0.25) is 0 Å². The molecule has 0 aliphatic carbocycles. The van der Waals surface area contributed by atoms with Crippen LogP contribution in [0.25, 0.3) is 0 Å². The van der Waals surface area contributed by atoms with Crippen molar-refractivity contribution in [2.24, 2.45) is 0 Å². The van der Waals surface area contributed by atoms with Crippen LogP contribution < -0.4 is 10.5 Å². The lowest BCUT2D eigenvalue weighted by molar-refractivity contribution is 0.478. The van der Waals surface area contributed by atoms with E-state index in [9.17, 15) is 8.42 Å². The highest BCUT2D eigenvalue weighted by Crippen LogP contribution is 2.15. The number of nitrogens with one attached hydrogen (secondary N) is 1. The maximum Gasteiger partial charge on any atom is 0.260 e. The smallest absolute Gasteiger partial charge is 0.260 e. The fraction of sp³-hybridized carbons (Fsp3) is 0.250. The lowest BCUT2D eigenvalue weighted by atomic mass is 10.2. The number of anilines is 1. The van der Waals surface area contributed by atoms with Crippen molar-refractivity contribution >= 4 is 15.7 Å². The SMILES string of the molecule is CC(Cc1ccco1)NS(=O)(=O)c1ncccc1N. The maximum atomic E-state index is 12.1. The molecule has 2 heterocycles. The van der Waals surface area contributed by atoms with E-state index in [0.717, 1.165) is 0 Å². The van der Waals surface area contributed by atoms with Gasteiger partial charge in [-0.2, -0.15) is 0 Å². The van der Waals surface area contributed by atoms with Crippen molar-refractivity contribution in [1.29, 1.82) is 0 Å². The zero-order valence-electron chi connectivity index (χ0n) is 10.4. The summed E-state index contributed by atoms with van der Waals surface area (Å²) in [6, 6.07) is 6.31. The number of nitrogens with zero attached hydrogens (tertiary/aromatic N) is 1. The molecule has 19 heavy (non-hydrogen) atoms. The summed E-state index contributed by atoms with van der Waals surface area (Å²) in [4.78, 5) is 3.80. The molecule has 1 unspecified atom stereocenters. The number of furan rings is 1. The lowest BCUT2D eigenvalue weighted by Crippen LogP contribution is -2.34. The first-order valence-corrected chi connectivity index (χ1v) is 7.22. The minimum Gasteiger partial charge on any atom is -0.469 e. The van der Waals surface area contributed by atoms with Gasteiger partial charge in [0.2, 0.25) is 0 Å². The fourth-order valence-electron chi connectivity index (χ4n) is 1.72. The minimum atomic E-state index is -3.72. The number of aromatic nitrogens is 1. The summed E-state index contributed by atoms with van der Waals surface area (Å²) >= 11 is 0. The normalized spacial score (nSPS) is 13.3. The van der Waals surface area contributed by atoms with Crippen LogP contribution >= 0.6 is 0 Å². The van der Waals surface area contributed by atoms with E-state index in [2.05, 4.69) is 9.71 Å². The summed E-state index contributed by atoms with van der Waals surface area (Å²) in [6.45, 7) is 1.75. The van der Waals surface area contributed by atoms with Crippen LogP contribution in [-0.2, 0) is 16.4 Å². The number of pyridine rings is 1. The molecule has 0 radical (unpaired) electrons. The van der Waals surface area contributed by atoms with E-state index in [-0.39, 0.29) is 16.8 Å². The molecule has 2 aromatic heterocycles. The molecule has 6 nitrogen and oxygen atoms in total. The summed E-state index contributed by atoms with van der Waals surface area (Å²) in [7, 11) is -3.72. The highest BCUT2D eigenvalue weighted by molar-refractivity contribution is 7.89. The molecular formula is C12H15N3O3S. The Morgan fingerprint density at radius 3 is 2.84 bits per heavy atom. The molecule has 3 N–H and O–H groups in total. The third-order valence-corrected chi connectivity index (χ3v) is 4.06. The van der Waals surface area contributed by atoms with Crippen LogP contribution in [0.4, 0.5) is 5.69 Å². The van der Waals surface area contributed by atoms with E-state index in [4.69, 9.17) is 10.2 Å². The van der Waals surface area contributed by atoms with Gasteiger partial charge < -0.3 is 10.2 Å². The highest BCUT2D eigenvalue weighted by Gasteiger charge is 2.21. The molecule has 102 valence electrons. The van der Waals surface area contributed by atoms with Crippen LogP contribution in [0, 0.1) is 0 Å². The van der Waals surface area contributed by atoms with Crippen molar-refractivity contribution < 1.29 is 12.8 Å². The third-order valence-electron chi connectivity index (χ3n) is 2.50. The molecule has 0 amide bonds. The molecular weight excluding hydrogens is 266 g/mol. The van der Waals surface area contributed by atoms with Gasteiger partial charge >= 0.3 is 0 Å². The first-order chi connectivity index (χ1) is 8.99. The van der Waals surface area contributed by atoms with E-state index in [1.54, 1.807) is 31.4 Å². The van der Waals surface area contributed by atoms with Crippen molar-refractivity contribution in [3.8, 4) is 0 Å². The molecule has 0 saturated carbocycles. The lowest BCUT2D eigenvalue weighted by Gasteiger charge is -2.13. The molecule has 0 aliphatic rings. The van der Waals surface area contributed by atoms with Gasteiger partial charge in [-0.15, -0.1) is 0 Å². The Kier molecular flexibility index (Phi) is 3.87. The number of sulfonamides is 1. The van der Waals surface area contributed by atoms with E-state index in [0.29, 0.717) is 12.2 Å². The predicted octanol–water partition coefficient (Wildman–Crippen LogP) is 1.17. The van der Waals surface area contributed by atoms with Gasteiger partial charge in [0.15, 0.2) is 5.03 Å². The molecule has 0 saturated heterocycles. The van der Waals surface area contributed by atoms with Crippen molar-refractivity contribution in [2.45, 2.75) is 24.4 Å². The molecule has 0 bridgehead atoms. The fourth-order valence-corrected chi connectivity index (χ4v) is 3.02. The number of hydrogen-bond acceptors (Lipinski definition) is 5. The average Bonchev–Trinajstić information content (AvgIpc) is 2.81. The molecule has 0 spiro atoms. The summed E-state index contributed by atoms with van der Waals surface area (Å²) in [5.74, 6) is 0.712. The van der Waals surface area contributed by atoms with Gasteiger partial charge in [0.1, 0.15) is 5.76 Å². The van der Waals surface area contributed by atoms with Gasteiger partial charge in [-0.25, -0.2) is 18.1 Å². The number of rotatable bonds is 5. The molecule has 7 heteroatoms. The average molecular weight is 281 g/mol. The van der Waals surface area contributed by atoms with Crippen molar-refractivity contribution in [2.75, 3.05) is 5.73 Å². The summed E-state index contributed by atoms with van der Waals surface area (Å²) in [5.41, 5.74) is 5.74. The Morgan fingerprint density at radius 1 is 1.42 bits per heavy atom. The van der Waals surface area contributed by atoms with Crippen molar-refractivity contribution in [3.63, 3.8) is 0 Å². The van der Waals surface area contributed by atoms with Gasteiger partial charge in [-0.3, -0.25) is 0 Å². The van der Waals surface area contributed by atoms with Crippen LogP contribution in [0.5, 0.6) is 0 Å². The molecule has 1 atom stereocenters. The van der Waals surface area contributed by atoms with Gasteiger partial charge in [-0.05, 0) is 31.2 Å². The Bertz CT molecular complexity index is 638. The maximum absolute atomic E-state index is 12.1. The van der Waals surface area contributed by atoms with E-state index >= 15 is 0 Å². The largest absolute Gasteiger partial charge is 0.469 e. The Labute approximate surface area is 111 Å². The van der Waals surface area contributed by atoms with Crippen molar-refractivity contribution in [3.05, 3.63) is 42.5 Å². The first kappa shape index (κ1) is 13.6. The standard InChI is InChI=1S/C12H15N3O3S/c1-9(8-10-4-3-7-18-10)15-19(16,17)12-11(13)5-2-6-14-12/h2-7,9,15H,8,13H2,1H3. The zero-order valence-corrected chi connectivity index (χ0v) is 11.2. The second-order valence-electron chi connectivity index (χ2n) is 4.20. The quantitative estimate of drug-likeness (QED) is 0.857. The van der Waals surface area contributed by atoms with Crippen LogP contribution in [-0.4, -0.2) is 19.4 Å². The van der Waals surface area contributed by atoms with Crippen LogP contribution in [0.3, 0.4) is 0 Å². The zero-order chi connectivity index (χ0) is 13.9. The number of nitrogen functional groups attached to an aromatic ring is 1. The monoisotopic (exact) mass is 281 g/mol. The van der Waals surface area contributed by atoms with Gasteiger partial charge in [-0.1, -0.05) is 0 Å². The summed E-state index contributed by atoms with van der Waals surface area (Å²) < 4.78 is 31.9. The Balaban J connectivity index is 2.11. The van der Waals surface area contributed by atoms with E-state index in [1.165, 1.54) is 12.3 Å². The van der Waals surface area contributed by atoms with Crippen molar-refractivity contribution in [1.82, 2.24) is 9.71 Å². The highest BCUT2D eigenvalue weighted by atomic mass is 32.2. The third kappa shape index (κ3) is 3.33. The van der Waals surface area contributed by atoms with Gasteiger partial charge in [0, 0.05) is 18.7 Å². The molecule has 0 aromatic carbocycles. The summed E-state index contributed by atoms with van der Waals surface area (Å²) in [6.07, 6.45) is 3.40. The van der Waals surface area contributed by atoms with E-state index < -0.39 is 10.0 Å². The Hall–Kier alpha value is -1.86. The van der Waals surface area contributed by atoms with E-state index in [1.807, 2.05) is 0 Å². The molecule has 0 aliphatic heterocycles. The first-order valence-electron chi connectivity index (χ1n) is 5.74. The second kappa shape index (κ2) is 5.41. The minimum absolute atomic E-state index is 0.125. The van der Waals surface area contributed by atoms with Gasteiger partial charge in [0.05, 0.1) is 12.0 Å². The molecule has 2 rings (SSSR count). The summed E-state index contributed by atoms with van der Waals surface area (Å²) in [5, 5.41) is -0.152. The number of nitrogens with two attached hydrogens (primary N) is 1. The predicted molar refractivity (Wildman–Crippen MR) is 70.8 cm³/mol. The van der Waals surface area contributed by atoms with Crippen LogP contribution in [0.1, 0.15) is 12.7 Å².